The van der Waals surface area contributed by atoms with Crippen LogP contribution in [0.15, 0.2) is 6.07 Å². The lowest BCUT2D eigenvalue weighted by Gasteiger charge is -2.09. The van der Waals surface area contributed by atoms with Crippen LogP contribution in [0.25, 0.3) is 0 Å². The Balaban J connectivity index is 3.37. The molecule has 1 aromatic rings. The van der Waals surface area contributed by atoms with E-state index in [0.717, 1.165) is 0 Å². The molecular formula is C10H11NO5. The van der Waals surface area contributed by atoms with E-state index in [0.29, 0.717) is 6.29 Å². The summed E-state index contributed by atoms with van der Waals surface area (Å²) in [5.41, 5.74) is 0.233. The van der Waals surface area contributed by atoms with Crippen molar-refractivity contribution in [3.63, 3.8) is 0 Å². The lowest BCUT2D eigenvalue weighted by molar-refractivity contribution is 0.0596. The third kappa shape index (κ3) is 2.10. The summed E-state index contributed by atoms with van der Waals surface area (Å²) in [6.45, 7) is 0. The topological polar surface area (TPSA) is 74.7 Å². The van der Waals surface area contributed by atoms with Gasteiger partial charge in [-0.25, -0.2) is 4.79 Å². The summed E-state index contributed by atoms with van der Waals surface area (Å²) in [7, 11) is 3.95. The van der Waals surface area contributed by atoms with Crippen LogP contribution in [0.1, 0.15) is 20.7 Å². The summed E-state index contributed by atoms with van der Waals surface area (Å²) in [5, 5.41) is 0. The van der Waals surface area contributed by atoms with Gasteiger partial charge in [0.2, 0.25) is 11.8 Å². The first kappa shape index (κ1) is 12.0. The SMILES string of the molecule is COC(=O)c1cc(C=O)c(OC)nc1OC. The molecule has 0 radical (unpaired) electrons. The predicted molar refractivity (Wildman–Crippen MR) is 54.1 cm³/mol. The van der Waals surface area contributed by atoms with E-state index in [1.807, 2.05) is 0 Å². The molecule has 0 bridgehead atoms. The van der Waals surface area contributed by atoms with Crippen molar-refractivity contribution < 1.29 is 23.8 Å². The molecule has 0 aliphatic heterocycles. The lowest BCUT2D eigenvalue weighted by Crippen LogP contribution is -2.08. The molecule has 1 aromatic heterocycles. The standard InChI is InChI=1S/C10H11NO5/c1-14-8-6(5-12)4-7(10(13)16-3)9(11-8)15-2/h4-5H,1-3H3. The Hall–Kier alpha value is -2.11. The molecule has 1 rings (SSSR count). The minimum atomic E-state index is -0.630. The summed E-state index contributed by atoms with van der Waals surface area (Å²) in [6.07, 6.45) is 0.539. The molecular weight excluding hydrogens is 214 g/mol. The number of nitrogens with zero attached hydrogens (tertiary/aromatic N) is 1. The summed E-state index contributed by atoms with van der Waals surface area (Å²) in [5.74, 6) is -0.482. The number of aromatic nitrogens is 1. The number of methoxy groups -OCH3 is 3. The number of carbonyl (C=O) groups excluding carboxylic acids is 2. The normalized spacial score (nSPS) is 9.44. The van der Waals surface area contributed by atoms with Crippen LogP contribution in [0.4, 0.5) is 0 Å². The van der Waals surface area contributed by atoms with Gasteiger partial charge in [-0.1, -0.05) is 0 Å². The third-order valence-corrected chi connectivity index (χ3v) is 1.90. The maximum atomic E-state index is 11.4. The number of esters is 1. The zero-order chi connectivity index (χ0) is 12.1. The van der Waals surface area contributed by atoms with Crippen LogP contribution >= 0.6 is 0 Å². The average molecular weight is 225 g/mol. The van der Waals surface area contributed by atoms with Gasteiger partial charge in [-0.05, 0) is 6.07 Å². The van der Waals surface area contributed by atoms with Crippen molar-refractivity contribution in [1.82, 2.24) is 4.98 Å². The van der Waals surface area contributed by atoms with Gasteiger partial charge in [-0.2, -0.15) is 4.98 Å². The van der Waals surface area contributed by atoms with Gasteiger partial charge in [0.25, 0.3) is 0 Å². The second-order valence-electron chi connectivity index (χ2n) is 2.75. The van der Waals surface area contributed by atoms with Crippen molar-refractivity contribution in [2.45, 2.75) is 0 Å². The number of pyridine rings is 1. The van der Waals surface area contributed by atoms with Crippen molar-refractivity contribution in [3.05, 3.63) is 17.2 Å². The molecule has 0 spiro atoms. The Labute approximate surface area is 92.1 Å². The van der Waals surface area contributed by atoms with E-state index in [4.69, 9.17) is 9.47 Å². The Morgan fingerprint density at radius 2 is 1.88 bits per heavy atom. The number of aldehydes is 1. The molecule has 0 aromatic carbocycles. The third-order valence-electron chi connectivity index (χ3n) is 1.90. The van der Waals surface area contributed by atoms with Crippen molar-refractivity contribution in [2.75, 3.05) is 21.3 Å². The Morgan fingerprint density at radius 3 is 2.31 bits per heavy atom. The molecule has 0 saturated heterocycles. The van der Waals surface area contributed by atoms with Gasteiger partial charge in [0.15, 0.2) is 6.29 Å². The molecule has 0 fully saturated rings. The molecule has 6 heteroatoms. The first-order valence-corrected chi connectivity index (χ1v) is 4.34. The molecule has 0 atom stereocenters. The Bertz CT molecular complexity index is 416. The van der Waals surface area contributed by atoms with E-state index in [1.165, 1.54) is 27.4 Å². The van der Waals surface area contributed by atoms with Crippen molar-refractivity contribution in [1.29, 1.82) is 0 Å². The molecule has 0 unspecified atom stereocenters. The molecule has 0 N–H and O–H groups in total. The highest BCUT2D eigenvalue weighted by Crippen LogP contribution is 2.24. The fourth-order valence-electron chi connectivity index (χ4n) is 1.16. The number of hydrogen-bond acceptors (Lipinski definition) is 6. The average Bonchev–Trinajstić information content (AvgIpc) is 2.35. The van der Waals surface area contributed by atoms with Crippen LogP contribution in [0.3, 0.4) is 0 Å². The first-order valence-electron chi connectivity index (χ1n) is 4.34. The van der Waals surface area contributed by atoms with Gasteiger partial charge in [-0.15, -0.1) is 0 Å². The van der Waals surface area contributed by atoms with Gasteiger partial charge in [0, 0.05) is 0 Å². The van der Waals surface area contributed by atoms with Gasteiger partial charge in [0.05, 0.1) is 26.9 Å². The summed E-state index contributed by atoms with van der Waals surface area (Å²) < 4.78 is 14.3. The zero-order valence-corrected chi connectivity index (χ0v) is 9.14. The Kier molecular flexibility index (Phi) is 3.82. The second kappa shape index (κ2) is 5.11. The van der Waals surface area contributed by atoms with Crippen LogP contribution in [0.5, 0.6) is 11.8 Å². The highest BCUT2D eigenvalue weighted by Gasteiger charge is 2.18. The summed E-state index contributed by atoms with van der Waals surface area (Å²) in [4.78, 5) is 26.0. The molecule has 0 amide bonds. The maximum Gasteiger partial charge on any atom is 0.343 e. The van der Waals surface area contributed by atoms with Crippen molar-refractivity contribution >= 4 is 12.3 Å². The minimum absolute atomic E-state index is 0.0503. The molecule has 0 aliphatic rings. The maximum absolute atomic E-state index is 11.4. The largest absolute Gasteiger partial charge is 0.480 e. The van der Waals surface area contributed by atoms with Crippen LogP contribution in [0.2, 0.25) is 0 Å². The van der Waals surface area contributed by atoms with Gasteiger partial charge in [-0.3, -0.25) is 4.79 Å². The number of ether oxygens (including phenoxy) is 3. The summed E-state index contributed by atoms with van der Waals surface area (Å²) in [6, 6.07) is 1.31. The van der Waals surface area contributed by atoms with Crippen molar-refractivity contribution in [3.8, 4) is 11.8 Å². The number of carbonyl (C=O) groups is 2. The Morgan fingerprint density at radius 1 is 1.25 bits per heavy atom. The molecule has 86 valence electrons. The molecule has 0 saturated carbocycles. The highest BCUT2D eigenvalue weighted by atomic mass is 16.5. The number of hydrogen-bond donors (Lipinski definition) is 0. The van der Waals surface area contributed by atoms with E-state index in [9.17, 15) is 9.59 Å². The van der Waals surface area contributed by atoms with Gasteiger partial charge < -0.3 is 14.2 Å². The van der Waals surface area contributed by atoms with Crippen LogP contribution in [-0.2, 0) is 4.74 Å². The second-order valence-corrected chi connectivity index (χ2v) is 2.75. The lowest BCUT2D eigenvalue weighted by atomic mass is 10.2. The monoisotopic (exact) mass is 225 g/mol. The molecule has 1 heterocycles. The highest BCUT2D eigenvalue weighted by molar-refractivity contribution is 5.94. The molecule has 16 heavy (non-hydrogen) atoms. The van der Waals surface area contributed by atoms with E-state index >= 15 is 0 Å². The van der Waals surface area contributed by atoms with E-state index < -0.39 is 5.97 Å². The predicted octanol–water partition coefficient (Wildman–Crippen LogP) is 0.698. The molecule has 6 nitrogen and oxygen atoms in total. The van der Waals surface area contributed by atoms with Crippen LogP contribution in [-0.4, -0.2) is 38.6 Å². The van der Waals surface area contributed by atoms with Crippen LogP contribution < -0.4 is 9.47 Å². The minimum Gasteiger partial charge on any atom is -0.480 e. The smallest absolute Gasteiger partial charge is 0.343 e. The fraction of sp³-hybridized carbons (Fsp3) is 0.300. The van der Waals surface area contributed by atoms with Crippen molar-refractivity contribution in [2.24, 2.45) is 0 Å². The van der Waals surface area contributed by atoms with E-state index in [1.54, 1.807) is 0 Å². The van der Waals surface area contributed by atoms with Crippen LogP contribution in [0, 0.1) is 0 Å². The summed E-state index contributed by atoms with van der Waals surface area (Å²) >= 11 is 0. The number of rotatable bonds is 4. The fourth-order valence-corrected chi connectivity index (χ4v) is 1.16. The van der Waals surface area contributed by atoms with Gasteiger partial charge >= 0.3 is 5.97 Å². The zero-order valence-electron chi connectivity index (χ0n) is 9.14. The molecule has 0 aliphatic carbocycles. The van der Waals surface area contributed by atoms with Gasteiger partial charge in [0.1, 0.15) is 5.56 Å². The van der Waals surface area contributed by atoms with E-state index in [2.05, 4.69) is 9.72 Å². The quantitative estimate of drug-likeness (QED) is 0.554. The van der Waals surface area contributed by atoms with E-state index in [-0.39, 0.29) is 22.9 Å². The first-order chi connectivity index (χ1) is 7.67.